The lowest BCUT2D eigenvalue weighted by atomic mass is 10.1. The van der Waals surface area contributed by atoms with Crippen LogP contribution in [-0.2, 0) is 27.1 Å². The van der Waals surface area contributed by atoms with Gasteiger partial charge >= 0.3 is 0 Å². The van der Waals surface area contributed by atoms with Crippen molar-refractivity contribution in [1.29, 1.82) is 0 Å². The summed E-state index contributed by atoms with van der Waals surface area (Å²) in [7, 11) is -3.53. The minimum Gasteiger partial charge on any atom is -0.353 e. The van der Waals surface area contributed by atoms with Gasteiger partial charge in [-0.25, -0.2) is 13.1 Å². The van der Waals surface area contributed by atoms with Gasteiger partial charge in [-0.15, -0.1) is 0 Å². The van der Waals surface area contributed by atoms with Crippen molar-refractivity contribution in [2.45, 2.75) is 32.2 Å². The van der Waals surface area contributed by atoms with Gasteiger partial charge in [0.1, 0.15) is 0 Å². The molecule has 0 aliphatic carbocycles. The van der Waals surface area contributed by atoms with Crippen LogP contribution in [0.5, 0.6) is 0 Å². The zero-order valence-corrected chi connectivity index (χ0v) is 12.5. The Balaban J connectivity index is 2.54. The zero-order valence-electron chi connectivity index (χ0n) is 11.7. The lowest BCUT2D eigenvalue weighted by Crippen LogP contribution is -2.40. The molecule has 4 N–H and O–H groups in total. The maximum atomic E-state index is 11.8. The van der Waals surface area contributed by atoms with E-state index in [2.05, 4.69) is 10.0 Å². The molecule has 112 valence electrons. The Kier molecular flexibility index (Phi) is 6.12. The number of carbonyl (C=O) groups excluding carboxylic acids is 1. The van der Waals surface area contributed by atoms with Gasteiger partial charge in [0, 0.05) is 12.6 Å². The summed E-state index contributed by atoms with van der Waals surface area (Å²) in [5, 5.41) is 2.61. The molecular weight excluding hydrogens is 278 g/mol. The van der Waals surface area contributed by atoms with Crippen molar-refractivity contribution in [3.8, 4) is 0 Å². The Morgan fingerprint density at radius 3 is 2.25 bits per heavy atom. The summed E-state index contributed by atoms with van der Waals surface area (Å²) < 4.78 is 25.9. The van der Waals surface area contributed by atoms with Gasteiger partial charge in [0.25, 0.3) is 0 Å². The Morgan fingerprint density at radius 2 is 1.75 bits per heavy atom. The molecule has 0 unspecified atom stereocenters. The maximum Gasteiger partial charge on any atom is 0.235 e. The molecule has 1 amide bonds. The van der Waals surface area contributed by atoms with Crippen molar-refractivity contribution >= 4 is 15.9 Å². The van der Waals surface area contributed by atoms with Crippen LogP contribution in [-0.4, -0.2) is 26.9 Å². The molecule has 0 radical (unpaired) electrons. The molecule has 0 saturated carbocycles. The zero-order chi connectivity index (χ0) is 15.2. The third kappa shape index (κ3) is 6.14. The molecule has 7 heteroatoms. The van der Waals surface area contributed by atoms with Gasteiger partial charge < -0.3 is 11.1 Å². The number of benzene rings is 1. The van der Waals surface area contributed by atoms with Gasteiger partial charge in [-0.3, -0.25) is 4.79 Å². The Labute approximate surface area is 119 Å². The van der Waals surface area contributed by atoms with E-state index in [1.54, 1.807) is 24.3 Å². The molecule has 1 rings (SSSR count). The van der Waals surface area contributed by atoms with Crippen LogP contribution in [0.15, 0.2) is 24.3 Å². The second-order valence-electron chi connectivity index (χ2n) is 4.82. The molecule has 0 bridgehead atoms. The van der Waals surface area contributed by atoms with Crippen LogP contribution in [0.2, 0.25) is 0 Å². The van der Waals surface area contributed by atoms with Crippen LogP contribution in [0.25, 0.3) is 0 Å². The third-order valence-electron chi connectivity index (χ3n) is 2.52. The maximum absolute atomic E-state index is 11.8. The molecule has 0 fully saturated rings. The highest BCUT2D eigenvalue weighted by molar-refractivity contribution is 7.88. The highest BCUT2D eigenvalue weighted by Gasteiger charge is 2.13. The molecule has 1 aromatic carbocycles. The van der Waals surface area contributed by atoms with Crippen molar-refractivity contribution in [2.24, 2.45) is 5.73 Å². The second kappa shape index (κ2) is 7.37. The minimum absolute atomic E-state index is 0.0178. The molecule has 20 heavy (non-hydrogen) atoms. The van der Waals surface area contributed by atoms with E-state index in [9.17, 15) is 13.2 Å². The van der Waals surface area contributed by atoms with E-state index in [0.717, 1.165) is 5.56 Å². The molecular formula is C13H21N3O3S. The van der Waals surface area contributed by atoms with Crippen molar-refractivity contribution in [1.82, 2.24) is 10.0 Å². The van der Waals surface area contributed by atoms with Crippen LogP contribution in [0.1, 0.15) is 25.0 Å². The molecule has 0 aromatic heterocycles. The van der Waals surface area contributed by atoms with E-state index < -0.39 is 10.0 Å². The summed E-state index contributed by atoms with van der Waals surface area (Å²) in [4.78, 5) is 11.4. The Morgan fingerprint density at radius 1 is 1.20 bits per heavy atom. The fourth-order valence-corrected chi connectivity index (χ4v) is 2.67. The highest BCUT2D eigenvalue weighted by Crippen LogP contribution is 2.07. The number of carbonyl (C=O) groups is 1. The second-order valence-corrected chi connectivity index (χ2v) is 6.63. The van der Waals surface area contributed by atoms with Gasteiger partial charge in [0.15, 0.2) is 0 Å². The van der Waals surface area contributed by atoms with Crippen molar-refractivity contribution in [3.05, 3.63) is 35.4 Å². The predicted octanol–water partition coefficient (Wildman–Crippen LogP) is 0.0893. The first-order valence-electron chi connectivity index (χ1n) is 6.37. The first-order valence-corrected chi connectivity index (χ1v) is 8.02. The number of sulfonamides is 1. The molecule has 1 aromatic rings. The summed E-state index contributed by atoms with van der Waals surface area (Å²) in [6, 6.07) is 6.99. The van der Waals surface area contributed by atoms with Crippen molar-refractivity contribution < 1.29 is 13.2 Å². The molecule has 0 heterocycles. The fourth-order valence-electron chi connectivity index (χ4n) is 1.59. The largest absolute Gasteiger partial charge is 0.353 e. The van der Waals surface area contributed by atoms with Gasteiger partial charge in [-0.2, -0.15) is 0 Å². The summed E-state index contributed by atoms with van der Waals surface area (Å²) >= 11 is 0. The van der Waals surface area contributed by atoms with Crippen LogP contribution in [0, 0.1) is 0 Å². The number of hydrogen-bond acceptors (Lipinski definition) is 4. The van der Waals surface area contributed by atoms with Gasteiger partial charge in [-0.05, 0) is 25.0 Å². The lowest BCUT2D eigenvalue weighted by molar-refractivity contribution is -0.120. The smallest absolute Gasteiger partial charge is 0.235 e. The summed E-state index contributed by atoms with van der Waals surface area (Å²) in [6.07, 6.45) is 0. The predicted molar refractivity (Wildman–Crippen MR) is 78.2 cm³/mol. The van der Waals surface area contributed by atoms with E-state index >= 15 is 0 Å². The van der Waals surface area contributed by atoms with E-state index in [-0.39, 0.29) is 24.2 Å². The quantitative estimate of drug-likeness (QED) is 0.664. The van der Waals surface area contributed by atoms with E-state index in [0.29, 0.717) is 12.1 Å². The molecule has 0 atom stereocenters. The number of hydrogen-bond donors (Lipinski definition) is 3. The van der Waals surface area contributed by atoms with Crippen LogP contribution in [0.3, 0.4) is 0 Å². The van der Waals surface area contributed by atoms with Crippen LogP contribution >= 0.6 is 0 Å². The number of nitrogens with one attached hydrogen (secondary N) is 2. The fraction of sp³-hybridized carbons (Fsp3) is 0.462. The normalized spacial score (nSPS) is 11.6. The van der Waals surface area contributed by atoms with E-state index in [4.69, 9.17) is 5.73 Å². The summed E-state index contributed by atoms with van der Waals surface area (Å²) in [5.74, 6) is -0.505. The molecule has 6 nitrogen and oxygen atoms in total. The Bertz CT molecular complexity index is 538. The molecule has 0 saturated heterocycles. The van der Waals surface area contributed by atoms with Crippen LogP contribution in [0.4, 0.5) is 0 Å². The molecule has 0 aliphatic rings. The van der Waals surface area contributed by atoms with Crippen LogP contribution < -0.4 is 15.8 Å². The summed E-state index contributed by atoms with van der Waals surface area (Å²) in [6.45, 7) is 3.79. The SMILES string of the molecule is CC(C)NC(=O)CNS(=O)(=O)Cc1ccc(CN)cc1. The van der Waals surface area contributed by atoms with E-state index in [1.165, 1.54) is 0 Å². The van der Waals surface area contributed by atoms with Gasteiger partial charge in [0.05, 0.1) is 12.3 Å². The van der Waals surface area contributed by atoms with E-state index in [1.807, 2.05) is 13.8 Å². The van der Waals surface area contributed by atoms with Crippen molar-refractivity contribution in [3.63, 3.8) is 0 Å². The van der Waals surface area contributed by atoms with Gasteiger partial charge in [0.2, 0.25) is 15.9 Å². The number of nitrogens with two attached hydrogens (primary N) is 1. The van der Waals surface area contributed by atoms with Crippen molar-refractivity contribution in [2.75, 3.05) is 6.54 Å². The summed E-state index contributed by atoms with van der Waals surface area (Å²) in [5.41, 5.74) is 7.06. The first kappa shape index (κ1) is 16.6. The Hall–Kier alpha value is -1.44. The molecule has 0 spiro atoms. The third-order valence-corrected chi connectivity index (χ3v) is 3.82. The topological polar surface area (TPSA) is 101 Å². The average molecular weight is 299 g/mol. The minimum atomic E-state index is -3.53. The average Bonchev–Trinajstić information content (AvgIpc) is 2.36. The number of rotatable bonds is 7. The highest BCUT2D eigenvalue weighted by atomic mass is 32.2. The number of amides is 1. The molecule has 0 aliphatic heterocycles. The first-order chi connectivity index (χ1) is 9.32. The van der Waals surface area contributed by atoms with Gasteiger partial charge in [-0.1, -0.05) is 24.3 Å². The lowest BCUT2D eigenvalue weighted by Gasteiger charge is -2.10. The standard InChI is InChI=1S/C13H21N3O3S/c1-10(2)16-13(17)8-15-20(18,19)9-12-5-3-11(7-14)4-6-12/h3-6,10,15H,7-9,14H2,1-2H3,(H,16,17). The monoisotopic (exact) mass is 299 g/mol.